The summed E-state index contributed by atoms with van der Waals surface area (Å²) in [7, 11) is -2.50. The fourth-order valence-corrected chi connectivity index (χ4v) is 3.33. The Labute approximate surface area is 134 Å². The van der Waals surface area contributed by atoms with Gasteiger partial charge < -0.3 is 4.74 Å². The molecule has 0 heterocycles. The van der Waals surface area contributed by atoms with Crippen LogP contribution in [0, 0.1) is 0 Å². The zero-order valence-corrected chi connectivity index (χ0v) is 14.2. The monoisotopic (exact) mass is 437 g/mol. The Balaban J connectivity index is 2.81. The molecule has 0 saturated heterocycles. The molecule has 0 bridgehead atoms. The van der Waals surface area contributed by atoms with E-state index >= 15 is 0 Å². The van der Waals surface area contributed by atoms with E-state index in [1.54, 1.807) is 22.6 Å². The number of alkyl halides is 1. The van der Waals surface area contributed by atoms with Crippen molar-refractivity contribution in [3.8, 4) is 0 Å². The van der Waals surface area contributed by atoms with E-state index in [9.17, 15) is 13.2 Å². The molecule has 19 heavy (non-hydrogen) atoms. The predicted octanol–water partition coefficient (Wildman–Crippen LogP) is 2.25. The number of rotatable bonds is 5. The Morgan fingerprint density at radius 2 is 2.05 bits per heavy atom. The van der Waals surface area contributed by atoms with E-state index in [-0.39, 0.29) is 21.5 Å². The Bertz CT molecular complexity index is 579. The molecular weight excluding hydrogens is 428 g/mol. The van der Waals surface area contributed by atoms with Crippen LogP contribution in [-0.4, -0.2) is 32.0 Å². The van der Waals surface area contributed by atoms with Gasteiger partial charge in [0.15, 0.2) is 0 Å². The molecule has 0 spiro atoms. The predicted molar refractivity (Wildman–Crippen MR) is 81.5 cm³/mol. The Kier molecular flexibility index (Phi) is 6.31. The molecule has 5 nitrogen and oxygen atoms in total. The van der Waals surface area contributed by atoms with Crippen LogP contribution in [0.25, 0.3) is 0 Å². The molecule has 0 aromatic heterocycles. The molecule has 1 unspecified atom stereocenters. The zero-order valence-electron chi connectivity index (χ0n) is 9.69. The highest BCUT2D eigenvalue weighted by Crippen LogP contribution is 2.24. The van der Waals surface area contributed by atoms with Crippen molar-refractivity contribution >= 4 is 61.8 Å². The molecule has 1 aromatic carbocycles. The minimum Gasteiger partial charge on any atom is -0.468 e. The summed E-state index contributed by atoms with van der Waals surface area (Å²) in [5, 5.41) is 0.408. The molecule has 9 heteroatoms. The van der Waals surface area contributed by atoms with E-state index < -0.39 is 19.9 Å². The maximum absolute atomic E-state index is 11.9. The topological polar surface area (TPSA) is 72.5 Å². The van der Waals surface area contributed by atoms with Gasteiger partial charge in [0.05, 0.1) is 22.1 Å². The van der Waals surface area contributed by atoms with Crippen molar-refractivity contribution in [2.45, 2.75) is 8.82 Å². The zero-order chi connectivity index (χ0) is 14.6. The van der Waals surface area contributed by atoms with E-state index in [2.05, 4.69) is 9.46 Å². The molecule has 1 aromatic rings. The van der Waals surface area contributed by atoms with Crippen molar-refractivity contribution in [1.29, 1.82) is 0 Å². The van der Waals surface area contributed by atoms with Gasteiger partial charge in [0.2, 0.25) is 10.0 Å². The van der Waals surface area contributed by atoms with Gasteiger partial charge >= 0.3 is 5.97 Å². The summed E-state index contributed by atoms with van der Waals surface area (Å²) in [6.07, 6.45) is 0. The van der Waals surface area contributed by atoms with Gasteiger partial charge in [-0.25, -0.2) is 13.1 Å². The van der Waals surface area contributed by atoms with Crippen molar-refractivity contribution in [3.63, 3.8) is 0 Å². The number of methoxy groups -OCH3 is 1. The van der Waals surface area contributed by atoms with E-state index in [1.807, 2.05) is 0 Å². The number of hydrogen-bond acceptors (Lipinski definition) is 4. The fourth-order valence-electron chi connectivity index (χ4n) is 1.12. The standard InChI is InChI=1S/C10H10Cl2INO4S/c1-18-10(15)9(13)5-14-19(16,17)6-2-3-7(11)8(12)4-6/h2-4,9,14H,5H2,1H3. The van der Waals surface area contributed by atoms with Crippen LogP contribution >= 0.6 is 45.8 Å². The third-order valence-electron chi connectivity index (χ3n) is 2.11. The van der Waals surface area contributed by atoms with Gasteiger partial charge in [0.25, 0.3) is 0 Å². The number of carbonyl (C=O) groups is 1. The Morgan fingerprint density at radius 1 is 1.42 bits per heavy atom. The van der Waals surface area contributed by atoms with Crippen molar-refractivity contribution < 1.29 is 17.9 Å². The van der Waals surface area contributed by atoms with E-state index in [0.717, 1.165) is 0 Å². The number of ether oxygens (including phenoxy) is 1. The lowest BCUT2D eigenvalue weighted by Crippen LogP contribution is -2.33. The molecule has 0 amide bonds. The number of halogens is 3. The highest BCUT2D eigenvalue weighted by Gasteiger charge is 2.20. The number of sulfonamides is 1. The van der Waals surface area contributed by atoms with Gasteiger partial charge in [-0.05, 0) is 18.2 Å². The fraction of sp³-hybridized carbons (Fsp3) is 0.300. The van der Waals surface area contributed by atoms with Crippen LogP contribution in [0.1, 0.15) is 0 Å². The molecule has 0 fully saturated rings. The normalized spacial score (nSPS) is 13.1. The van der Waals surface area contributed by atoms with Gasteiger partial charge in [-0.3, -0.25) is 4.79 Å². The van der Waals surface area contributed by atoms with E-state index in [0.29, 0.717) is 0 Å². The van der Waals surface area contributed by atoms with Crippen LogP contribution in [0.2, 0.25) is 10.0 Å². The van der Waals surface area contributed by atoms with Crippen molar-refractivity contribution in [2.24, 2.45) is 0 Å². The second-order valence-corrected chi connectivity index (χ2v) is 7.50. The van der Waals surface area contributed by atoms with Gasteiger partial charge in [-0.15, -0.1) is 0 Å². The number of benzene rings is 1. The summed E-state index contributed by atoms with van der Waals surface area (Å²) in [6.45, 7) is -0.0736. The minimum absolute atomic E-state index is 0.0182. The van der Waals surface area contributed by atoms with Gasteiger partial charge in [0.1, 0.15) is 3.92 Å². The molecule has 1 rings (SSSR count). The van der Waals surface area contributed by atoms with E-state index in [1.165, 1.54) is 25.3 Å². The van der Waals surface area contributed by atoms with Crippen LogP contribution in [0.3, 0.4) is 0 Å². The van der Waals surface area contributed by atoms with E-state index in [4.69, 9.17) is 23.2 Å². The summed E-state index contributed by atoms with van der Waals surface area (Å²) in [6, 6.07) is 3.96. The van der Waals surface area contributed by atoms with Crippen molar-refractivity contribution in [2.75, 3.05) is 13.7 Å². The number of carbonyl (C=O) groups excluding carboxylic acids is 1. The first-order valence-corrected chi connectivity index (χ1v) is 8.43. The summed E-state index contributed by atoms with van der Waals surface area (Å²) in [4.78, 5) is 11.1. The van der Waals surface area contributed by atoms with Crippen LogP contribution < -0.4 is 4.72 Å². The lowest BCUT2D eigenvalue weighted by Gasteiger charge is -2.10. The summed E-state index contributed by atoms with van der Waals surface area (Å²) >= 11 is 13.3. The number of esters is 1. The second-order valence-electron chi connectivity index (χ2n) is 3.42. The van der Waals surface area contributed by atoms with Gasteiger partial charge in [-0.2, -0.15) is 0 Å². The molecule has 106 valence electrons. The summed E-state index contributed by atoms with van der Waals surface area (Å²) in [5.74, 6) is -0.502. The third kappa shape index (κ3) is 4.75. The molecule has 0 aliphatic carbocycles. The largest absolute Gasteiger partial charge is 0.468 e. The van der Waals surface area contributed by atoms with Gasteiger partial charge in [-0.1, -0.05) is 45.8 Å². The average Bonchev–Trinajstić information content (AvgIpc) is 2.38. The molecule has 1 atom stereocenters. The highest BCUT2D eigenvalue weighted by atomic mass is 127. The maximum Gasteiger partial charge on any atom is 0.319 e. The molecule has 0 aliphatic heterocycles. The molecule has 0 radical (unpaired) electrons. The first-order valence-electron chi connectivity index (χ1n) is 4.94. The Morgan fingerprint density at radius 3 is 2.58 bits per heavy atom. The van der Waals surface area contributed by atoms with Crippen LogP contribution in [-0.2, 0) is 19.6 Å². The Hall–Kier alpha value is -0.0900. The molecule has 1 N–H and O–H groups in total. The number of hydrogen-bond donors (Lipinski definition) is 1. The number of nitrogens with one attached hydrogen (secondary N) is 1. The van der Waals surface area contributed by atoms with Crippen LogP contribution in [0.4, 0.5) is 0 Å². The lowest BCUT2D eigenvalue weighted by atomic mass is 10.4. The third-order valence-corrected chi connectivity index (χ3v) is 5.22. The van der Waals surface area contributed by atoms with Gasteiger partial charge in [0, 0.05) is 6.54 Å². The van der Waals surface area contributed by atoms with Crippen LogP contribution in [0.15, 0.2) is 23.1 Å². The SMILES string of the molecule is COC(=O)C(I)CNS(=O)(=O)c1ccc(Cl)c(Cl)c1. The molecule has 0 aliphatic rings. The lowest BCUT2D eigenvalue weighted by molar-refractivity contribution is -0.139. The smallest absolute Gasteiger partial charge is 0.319 e. The molecular formula is C10H10Cl2INO4S. The summed E-state index contributed by atoms with van der Waals surface area (Å²) in [5.41, 5.74) is 0. The summed E-state index contributed by atoms with van der Waals surface area (Å²) < 4.78 is 30.1. The van der Waals surface area contributed by atoms with Crippen LogP contribution in [0.5, 0.6) is 0 Å². The highest BCUT2D eigenvalue weighted by molar-refractivity contribution is 14.1. The van der Waals surface area contributed by atoms with Crippen molar-refractivity contribution in [1.82, 2.24) is 4.72 Å². The molecule has 0 saturated carbocycles. The maximum atomic E-state index is 11.9. The first kappa shape index (κ1) is 17.0. The second kappa shape index (κ2) is 7.07. The quantitative estimate of drug-likeness (QED) is 0.435. The minimum atomic E-state index is -3.74. The average molecular weight is 438 g/mol. The van der Waals surface area contributed by atoms with Crippen molar-refractivity contribution in [3.05, 3.63) is 28.2 Å². The first-order chi connectivity index (χ1) is 8.77.